The molecule has 0 aliphatic heterocycles. The van der Waals surface area contributed by atoms with Crippen molar-refractivity contribution in [2.24, 2.45) is 0 Å². The molecular weight excluding hydrogens is 332 g/mol. The van der Waals surface area contributed by atoms with Crippen LogP contribution in [0.4, 0.5) is 5.69 Å². The third-order valence-electron chi connectivity index (χ3n) is 3.23. The molecule has 0 bridgehead atoms. The van der Waals surface area contributed by atoms with Crippen LogP contribution in [0.25, 0.3) is 5.69 Å². The Morgan fingerprint density at radius 1 is 1.22 bits per heavy atom. The SMILES string of the molecule is CSc1ccc(Cl)c(C(=O)Nc2ccc(-n3cncn3)cc2)c1. The Morgan fingerprint density at radius 2 is 2.00 bits per heavy atom. The molecule has 0 unspecified atom stereocenters. The smallest absolute Gasteiger partial charge is 0.257 e. The van der Waals surface area contributed by atoms with Gasteiger partial charge < -0.3 is 5.32 Å². The Morgan fingerprint density at radius 3 is 2.65 bits per heavy atom. The third kappa shape index (κ3) is 3.55. The zero-order chi connectivity index (χ0) is 16.2. The average Bonchev–Trinajstić information content (AvgIpc) is 3.10. The second-order valence-corrected chi connectivity index (χ2v) is 5.97. The van der Waals surface area contributed by atoms with Crippen molar-refractivity contribution in [3.05, 3.63) is 65.7 Å². The molecule has 0 aliphatic rings. The van der Waals surface area contributed by atoms with E-state index in [0.717, 1.165) is 10.6 Å². The normalized spacial score (nSPS) is 10.5. The number of rotatable bonds is 4. The van der Waals surface area contributed by atoms with Gasteiger partial charge in [-0.15, -0.1) is 11.8 Å². The Hall–Kier alpha value is -2.31. The van der Waals surface area contributed by atoms with Crippen molar-refractivity contribution in [2.45, 2.75) is 4.90 Å². The van der Waals surface area contributed by atoms with Crippen LogP contribution in [0, 0.1) is 0 Å². The zero-order valence-corrected chi connectivity index (χ0v) is 13.8. The highest BCUT2D eigenvalue weighted by molar-refractivity contribution is 7.98. The highest BCUT2D eigenvalue weighted by Gasteiger charge is 2.11. The zero-order valence-electron chi connectivity index (χ0n) is 12.2. The highest BCUT2D eigenvalue weighted by atomic mass is 35.5. The summed E-state index contributed by atoms with van der Waals surface area (Å²) in [6.07, 6.45) is 5.03. The molecule has 1 amide bonds. The van der Waals surface area contributed by atoms with Crippen LogP contribution in [-0.2, 0) is 0 Å². The number of amides is 1. The van der Waals surface area contributed by atoms with Gasteiger partial charge in [-0.25, -0.2) is 9.67 Å². The van der Waals surface area contributed by atoms with Crippen LogP contribution in [0.2, 0.25) is 5.02 Å². The van der Waals surface area contributed by atoms with Gasteiger partial charge in [0.2, 0.25) is 0 Å². The van der Waals surface area contributed by atoms with Gasteiger partial charge in [0.25, 0.3) is 5.91 Å². The minimum absolute atomic E-state index is 0.237. The summed E-state index contributed by atoms with van der Waals surface area (Å²) in [6.45, 7) is 0. The number of aromatic nitrogens is 3. The predicted molar refractivity (Wildman–Crippen MR) is 92.5 cm³/mol. The van der Waals surface area contributed by atoms with Gasteiger partial charge in [0.15, 0.2) is 0 Å². The molecule has 0 spiro atoms. The number of anilines is 1. The molecule has 5 nitrogen and oxygen atoms in total. The van der Waals surface area contributed by atoms with E-state index in [-0.39, 0.29) is 5.91 Å². The van der Waals surface area contributed by atoms with Gasteiger partial charge in [-0.05, 0) is 48.7 Å². The molecule has 0 fully saturated rings. The Kier molecular flexibility index (Phi) is 4.64. The molecule has 0 aliphatic carbocycles. The van der Waals surface area contributed by atoms with Crippen molar-refractivity contribution < 1.29 is 4.79 Å². The quantitative estimate of drug-likeness (QED) is 0.729. The topological polar surface area (TPSA) is 59.8 Å². The molecule has 116 valence electrons. The van der Waals surface area contributed by atoms with Crippen LogP contribution in [0.3, 0.4) is 0 Å². The predicted octanol–water partition coefficient (Wildman–Crippen LogP) is 3.89. The van der Waals surface area contributed by atoms with Gasteiger partial charge in [0.1, 0.15) is 12.7 Å². The summed E-state index contributed by atoms with van der Waals surface area (Å²) in [4.78, 5) is 17.3. The first kappa shape index (κ1) is 15.6. The molecule has 23 heavy (non-hydrogen) atoms. The number of carbonyl (C=O) groups excluding carboxylic acids is 1. The monoisotopic (exact) mass is 344 g/mol. The van der Waals surface area contributed by atoms with Crippen LogP contribution in [0.15, 0.2) is 60.0 Å². The van der Waals surface area contributed by atoms with E-state index in [9.17, 15) is 4.79 Å². The average molecular weight is 345 g/mol. The molecule has 1 heterocycles. The van der Waals surface area contributed by atoms with E-state index in [1.165, 1.54) is 6.33 Å². The molecule has 0 saturated heterocycles. The number of carbonyl (C=O) groups is 1. The summed E-state index contributed by atoms with van der Waals surface area (Å²) in [5.74, 6) is -0.237. The van der Waals surface area contributed by atoms with Gasteiger partial charge >= 0.3 is 0 Å². The minimum Gasteiger partial charge on any atom is -0.322 e. The fraction of sp³-hybridized carbons (Fsp3) is 0.0625. The summed E-state index contributed by atoms with van der Waals surface area (Å²) in [5, 5.41) is 7.33. The van der Waals surface area contributed by atoms with Gasteiger partial charge in [-0.1, -0.05) is 11.6 Å². The lowest BCUT2D eigenvalue weighted by molar-refractivity contribution is 0.102. The van der Waals surface area contributed by atoms with Crippen LogP contribution in [0.5, 0.6) is 0 Å². The number of hydrogen-bond donors (Lipinski definition) is 1. The fourth-order valence-corrected chi connectivity index (χ4v) is 2.69. The van der Waals surface area contributed by atoms with Crippen molar-refractivity contribution in [3.8, 4) is 5.69 Å². The Bertz CT molecular complexity index is 819. The summed E-state index contributed by atoms with van der Waals surface area (Å²) in [6, 6.07) is 12.7. The molecule has 0 radical (unpaired) electrons. The molecule has 7 heteroatoms. The lowest BCUT2D eigenvalue weighted by Gasteiger charge is -2.09. The number of nitrogens with one attached hydrogen (secondary N) is 1. The second kappa shape index (κ2) is 6.85. The van der Waals surface area contributed by atoms with E-state index >= 15 is 0 Å². The maximum Gasteiger partial charge on any atom is 0.257 e. The summed E-state index contributed by atoms with van der Waals surface area (Å²) in [5.41, 5.74) is 2.01. The molecule has 2 aromatic carbocycles. The Balaban J connectivity index is 1.78. The molecule has 0 atom stereocenters. The second-order valence-electron chi connectivity index (χ2n) is 4.69. The number of hydrogen-bond acceptors (Lipinski definition) is 4. The minimum atomic E-state index is -0.237. The maximum atomic E-state index is 12.4. The van der Waals surface area contributed by atoms with Crippen LogP contribution in [0.1, 0.15) is 10.4 Å². The Labute approximate surface area is 142 Å². The lowest BCUT2D eigenvalue weighted by Crippen LogP contribution is -2.12. The standard InChI is InChI=1S/C16H13ClN4OS/c1-23-13-6-7-15(17)14(8-13)16(22)20-11-2-4-12(5-3-11)21-10-18-9-19-21/h2-10H,1H3,(H,20,22). The molecule has 3 rings (SSSR count). The largest absolute Gasteiger partial charge is 0.322 e. The molecule has 0 saturated carbocycles. The van der Waals surface area contributed by atoms with Crippen LogP contribution in [-0.4, -0.2) is 26.9 Å². The summed E-state index contributed by atoms with van der Waals surface area (Å²) < 4.78 is 1.64. The molecule has 1 N–H and O–H groups in total. The van der Waals surface area contributed by atoms with Crippen molar-refractivity contribution in [2.75, 3.05) is 11.6 Å². The van der Waals surface area contributed by atoms with Gasteiger partial charge in [-0.3, -0.25) is 4.79 Å². The van der Waals surface area contributed by atoms with Gasteiger partial charge in [0, 0.05) is 10.6 Å². The van der Waals surface area contributed by atoms with E-state index in [1.54, 1.807) is 47.0 Å². The first-order chi connectivity index (χ1) is 11.2. The molecular formula is C16H13ClN4OS. The number of halogens is 1. The lowest BCUT2D eigenvalue weighted by atomic mass is 10.2. The van der Waals surface area contributed by atoms with E-state index in [1.807, 2.05) is 24.5 Å². The fourth-order valence-electron chi connectivity index (χ4n) is 2.04. The van der Waals surface area contributed by atoms with Gasteiger partial charge in [0.05, 0.1) is 16.3 Å². The number of nitrogens with zero attached hydrogens (tertiary/aromatic N) is 3. The molecule has 3 aromatic rings. The van der Waals surface area contributed by atoms with Crippen molar-refractivity contribution in [1.29, 1.82) is 0 Å². The van der Waals surface area contributed by atoms with E-state index in [0.29, 0.717) is 16.3 Å². The number of thioether (sulfide) groups is 1. The van der Waals surface area contributed by atoms with E-state index in [4.69, 9.17) is 11.6 Å². The van der Waals surface area contributed by atoms with Crippen molar-refractivity contribution >= 4 is 35.0 Å². The van der Waals surface area contributed by atoms with Gasteiger partial charge in [-0.2, -0.15) is 5.10 Å². The maximum absolute atomic E-state index is 12.4. The van der Waals surface area contributed by atoms with Crippen molar-refractivity contribution in [3.63, 3.8) is 0 Å². The highest BCUT2D eigenvalue weighted by Crippen LogP contribution is 2.24. The first-order valence-corrected chi connectivity index (χ1v) is 8.37. The first-order valence-electron chi connectivity index (χ1n) is 6.77. The van der Waals surface area contributed by atoms with Crippen molar-refractivity contribution in [1.82, 2.24) is 14.8 Å². The number of benzene rings is 2. The van der Waals surface area contributed by atoms with Crippen LogP contribution < -0.4 is 5.32 Å². The van der Waals surface area contributed by atoms with E-state index < -0.39 is 0 Å². The summed E-state index contributed by atoms with van der Waals surface area (Å²) in [7, 11) is 0. The van der Waals surface area contributed by atoms with E-state index in [2.05, 4.69) is 15.4 Å². The summed E-state index contributed by atoms with van der Waals surface area (Å²) >= 11 is 7.68. The molecule has 1 aromatic heterocycles. The third-order valence-corrected chi connectivity index (χ3v) is 4.28. The van der Waals surface area contributed by atoms with Crippen LogP contribution >= 0.6 is 23.4 Å².